The van der Waals surface area contributed by atoms with Gasteiger partial charge in [-0.1, -0.05) is 0 Å². The zero-order valence-electron chi connectivity index (χ0n) is 3.38. The van der Waals surface area contributed by atoms with Crippen LogP contribution in [0.3, 0.4) is 0 Å². The largest absolute Gasteiger partial charge is 0.288 e. The van der Waals surface area contributed by atoms with E-state index < -0.39 is 5.92 Å². The molecule has 0 fully saturated rings. The molecule has 0 bridgehead atoms. The molecule has 0 heterocycles. The molecule has 0 aliphatic carbocycles. The van der Waals surface area contributed by atoms with Gasteiger partial charge in [0.15, 0.2) is 5.92 Å². The van der Waals surface area contributed by atoms with Gasteiger partial charge < -0.3 is 0 Å². The van der Waals surface area contributed by atoms with E-state index in [2.05, 4.69) is 0 Å². The summed E-state index contributed by atoms with van der Waals surface area (Å²) >= 11 is 0. The Hall–Kier alpha value is -1.35. The van der Waals surface area contributed by atoms with Crippen molar-refractivity contribution in [2.24, 2.45) is 5.92 Å². The van der Waals surface area contributed by atoms with Gasteiger partial charge in [-0.15, -0.1) is 0 Å². The van der Waals surface area contributed by atoms with Crippen molar-refractivity contribution in [2.75, 3.05) is 0 Å². The SMILES string of the molecule is N#CC([C]=O)C#N. The fraction of sp³-hybridized carbons (Fsp3) is 0.250. The second kappa shape index (κ2) is 2.87. The Bertz CT molecular complexity index is 125. The lowest BCUT2D eigenvalue weighted by atomic mass is 10.2. The van der Waals surface area contributed by atoms with Crippen molar-refractivity contribution in [1.82, 2.24) is 0 Å². The lowest BCUT2D eigenvalue weighted by Crippen LogP contribution is -1.90. The predicted molar refractivity (Wildman–Crippen MR) is 20.4 cm³/mol. The Morgan fingerprint density at radius 3 is 1.71 bits per heavy atom. The van der Waals surface area contributed by atoms with E-state index in [9.17, 15) is 4.79 Å². The molecule has 33 valence electrons. The van der Waals surface area contributed by atoms with Gasteiger partial charge in [0.25, 0.3) is 0 Å². The van der Waals surface area contributed by atoms with Gasteiger partial charge in [-0.3, -0.25) is 4.79 Å². The van der Waals surface area contributed by atoms with Gasteiger partial charge in [0.1, 0.15) is 0 Å². The van der Waals surface area contributed by atoms with Crippen molar-refractivity contribution in [3.63, 3.8) is 0 Å². The normalized spacial score (nSPS) is 6.71. The Labute approximate surface area is 40.8 Å². The fourth-order valence-corrected chi connectivity index (χ4v) is 0.0816. The third kappa shape index (κ3) is 1.51. The zero-order chi connectivity index (χ0) is 5.70. The molecule has 1 radical (unpaired) electrons. The van der Waals surface area contributed by atoms with Gasteiger partial charge >= 0.3 is 0 Å². The zero-order valence-corrected chi connectivity index (χ0v) is 3.38. The first-order valence-corrected chi connectivity index (χ1v) is 1.52. The first-order chi connectivity index (χ1) is 3.35. The van der Waals surface area contributed by atoms with Crippen LogP contribution in [0.1, 0.15) is 0 Å². The predicted octanol–water partition coefficient (Wildman–Crippen LogP) is -0.241. The van der Waals surface area contributed by atoms with Crippen LogP contribution in [-0.2, 0) is 4.79 Å². The molecular weight excluding hydrogens is 92.1 g/mol. The molecule has 0 amide bonds. The van der Waals surface area contributed by atoms with E-state index in [1.165, 1.54) is 18.4 Å². The first kappa shape index (κ1) is 5.65. The highest BCUT2D eigenvalue weighted by Gasteiger charge is 1.99. The Balaban J connectivity index is 3.73. The number of nitrogens with zero attached hydrogens (tertiary/aromatic N) is 2. The molecule has 0 saturated heterocycles. The second-order valence-electron chi connectivity index (χ2n) is 0.809. The highest BCUT2D eigenvalue weighted by Crippen LogP contribution is 1.80. The lowest BCUT2D eigenvalue weighted by Gasteiger charge is -1.70. The summed E-state index contributed by atoms with van der Waals surface area (Å²) < 4.78 is 0. The average Bonchev–Trinajstić information content (AvgIpc) is 1.72. The van der Waals surface area contributed by atoms with Gasteiger partial charge in [-0.05, 0) is 0 Å². The minimum atomic E-state index is -1.21. The lowest BCUT2D eigenvalue weighted by molar-refractivity contribution is 0.550. The maximum absolute atomic E-state index is 9.40. The van der Waals surface area contributed by atoms with Crippen LogP contribution in [0.4, 0.5) is 0 Å². The van der Waals surface area contributed by atoms with Crippen molar-refractivity contribution in [3.8, 4) is 12.1 Å². The van der Waals surface area contributed by atoms with E-state index in [-0.39, 0.29) is 0 Å². The minimum Gasteiger partial charge on any atom is -0.288 e. The summed E-state index contributed by atoms with van der Waals surface area (Å²) in [5.41, 5.74) is 0. The summed E-state index contributed by atoms with van der Waals surface area (Å²) in [5, 5.41) is 15.6. The molecule has 3 heteroatoms. The molecule has 0 aromatic carbocycles. The van der Waals surface area contributed by atoms with Gasteiger partial charge in [0, 0.05) is 0 Å². The quantitative estimate of drug-likeness (QED) is 0.449. The molecule has 0 spiro atoms. The molecular formula is C4HN2O. The van der Waals surface area contributed by atoms with Crippen molar-refractivity contribution in [1.29, 1.82) is 10.5 Å². The molecule has 0 rings (SSSR count). The van der Waals surface area contributed by atoms with Crippen LogP contribution in [0, 0.1) is 28.6 Å². The van der Waals surface area contributed by atoms with Crippen LogP contribution in [0.2, 0.25) is 0 Å². The van der Waals surface area contributed by atoms with Crippen LogP contribution in [0.15, 0.2) is 0 Å². The van der Waals surface area contributed by atoms with E-state index in [1.54, 1.807) is 0 Å². The highest BCUT2D eigenvalue weighted by molar-refractivity contribution is 5.62. The summed E-state index contributed by atoms with van der Waals surface area (Å²) in [6, 6.07) is 2.83. The first-order valence-electron chi connectivity index (χ1n) is 1.52. The molecule has 0 aliphatic heterocycles. The minimum absolute atomic E-state index is 1.21. The molecule has 0 saturated carbocycles. The van der Waals surface area contributed by atoms with Crippen LogP contribution in [0.5, 0.6) is 0 Å². The Morgan fingerprint density at radius 2 is 1.71 bits per heavy atom. The second-order valence-corrected chi connectivity index (χ2v) is 0.809. The van der Waals surface area contributed by atoms with Crippen molar-refractivity contribution in [3.05, 3.63) is 0 Å². The van der Waals surface area contributed by atoms with Gasteiger partial charge in [-0.25, -0.2) is 0 Å². The molecule has 0 aromatic rings. The maximum atomic E-state index is 9.40. The number of carbonyl (C=O) groups excluding carboxylic acids is 1. The molecule has 0 N–H and O–H groups in total. The summed E-state index contributed by atoms with van der Waals surface area (Å²) in [6.45, 7) is 0. The third-order valence-corrected chi connectivity index (χ3v) is 0.376. The average molecular weight is 93.1 g/mol. The van der Waals surface area contributed by atoms with E-state index in [1.807, 2.05) is 0 Å². The monoisotopic (exact) mass is 93.0 g/mol. The third-order valence-electron chi connectivity index (χ3n) is 0.376. The van der Waals surface area contributed by atoms with E-state index in [0.29, 0.717) is 0 Å². The van der Waals surface area contributed by atoms with E-state index in [4.69, 9.17) is 10.5 Å². The van der Waals surface area contributed by atoms with E-state index >= 15 is 0 Å². The summed E-state index contributed by atoms with van der Waals surface area (Å²) in [7, 11) is 0. The highest BCUT2D eigenvalue weighted by atomic mass is 16.1. The number of hydrogen-bond acceptors (Lipinski definition) is 3. The maximum Gasteiger partial charge on any atom is 0.232 e. The van der Waals surface area contributed by atoms with Crippen LogP contribution < -0.4 is 0 Å². The number of hydrogen-bond donors (Lipinski definition) is 0. The summed E-state index contributed by atoms with van der Waals surface area (Å²) in [6.07, 6.45) is 1.23. The van der Waals surface area contributed by atoms with Crippen LogP contribution in [0.25, 0.3) is 0 Å². The van der Waals surface area contributed by atoms with Crippen LogP contribution in [-0.4, -0.2) is 6.29 Å². The van der Waals surface area contributed by atoms with Gasteiger partial charge in [0.05, 0.1) is 12.1 Å². The standard InChI is InChI=1S/C4HN2O/c5-1-4(2-6)3-7/h4H. The summed E-state index contributed by atoms with van der Waals surface area (Å²) in [4.78, 5) is 9.40. The van der Waals surface area contributed by atoms with Gasteiger partial charge in [0.2, 0.25) is 6.29 Å². The molecule has 0 atom stereocenters. The smallest absolute Gasteiger partial charge is 0.232 e. The molecule has 7 heavy (non-hydrogen) atoms. The van der Waals surface area contributed by atoms with E-state index in [0.717, 1.165) is 0 Å². The number of rotatable bonds is 1. The molecule has 0 aromatic heterocycles. The number of nitriles is 2. The molecule has 0 unspecified atom stereocenters. The fourth-order valence-electron chi connectivity index (χ4n) is 0.0816. The van der Waals surface area contributed by atoms with Crippen molar-refractivity contribution in [2.45, 2.75) is 0 Å². The van der Waals surface area contributed by atoms with Crippen molar-refractivity contribution >= 4 is 6.29 Å². The van der Waals surface area contributed by atoms with Crippen molar-refractivity contribution < 1.29 is 4.79 Å². The van der Waals surface area contributed by atoms with Gasteiger partial charge in [-0.2, -0.15) is 10.5 Å². The summed E-state index contributed by atoms with van der Waals surface area (Å²) in [5.74, 6) is -1.21. The topological polar surface area (TPSA) is 64.7 Å². The molecule has 3 nitrogen and oxygen atoms in total. The Kier molecular flexibility index (Phi) is 2.31. The Morgan fingerprint density at radius 1 is 1.29 bits per heavy atom. The molecule has 0 aliphatic rings. The van der Waals surface area contributed by atoms with Crippen LogP contribution >= 0.6 is 0 Å².